The summed E-state index contributed by atoms with van der Waals surface area (Å²) in [6, 6.07) is 5.88. The normalized spacial score (nSPS) is 15.4. The van der Waals surface area contributed by atoms with E-state index < -0.39 is 10.0 Å². The van der Waals surface area contributed by atoms with Crippen molar-refractivity contribution in [1.29, 1.82) is 0 Å². The van der Waals surface area contributed by atoms with E-state index in [1.54, 1.807) is 26.0 Å². The predicted octanol–water partition coefficient (Wildman–Crippen LogP) is 0.731. The van der Waals surface area contributed by atoms with Crippen LogP contribution in [0, 0.1) is 0 Å². The van der Waals surface area contributed by atoms with Crippen molar-refractivity contribution in [1.82, 2.24) is 14.9 Å². The summed E-state index contributed by atoms with van der Waals surface area (Å²) in [4.78, 5) is 14.3. The van der Waals surface area contributed by atoms with Crippen LogP contribution in [0.3, 0.4) is 0 Å². The van der Waals surface area contributed by atoms with Crippen LogP contribution in [0.1, 0.15) is 13.8 Å². The number of hydrogen-bond donors (Lipinski definition) is 3. The van der Waals surface area contributed by atoms with E-state index in [2.05, 4.69) is 21.9 Å². The van der Waals surface area contributed by atoms with Crippen molar-refractivity contribution < 1.29 is 13.2 Å². The molecule has 0 aliphatic carbocycles. The SMILES string of the molecule is C=C(C(=O)Nc1ccc(S(=O)(=O)NC(C)C)cc1)N1CCNCC1. The lowest BCUT2D eigenvalue weighted by Gasteiger charge is -2.30. The van der Waals surface area contributed by atoms with Crippen LogP contribution in [0.15, 0.2) is 41.4 Å². The van der Waals surface area contributed by atoms with Gasteiger partial charge in [0.15, 0.2) is 0 Å². The molecular formula is C16H24N4O3S. The van der Waals surface area contributed by atoms with E-state index in [9.17, 15) is 13.2 Å². The van der Waals surface area contributed by atoms with E-state index in [-0.39, 0.29) is 16.8 Å². The second-order valence-electron chi connectivity index (χ2n) is 5.94. The van der Waals surface area contributed by atoms with Gasteiger partial charge in [0.25, 0.3) is 5.91 Å². The number of nitrogens with zero attached hydrogens (tertiary/aromatic N) is 1. The molecule has 8 heteroatoms. The number of carbonyl (C=O) groups is 1. The van der Waals surface area contributed by atoms with Gasteiger partial charge in [-0.2, -0.15) is 0 Å². The minimum absolute atomic E-state index is 0.162. The quantitative estimate of drug-likeness (QED) is 0.657. The topological polar surface area (TPSA) is 90.5 Å². The number of nitrogens with one attached hydrogen (secondary N) is 3. The maximum atomic E-state index is 12.2. The third kappa shape index (κ3) is 4.80. The van der Waals surface area contributed by atoms with Crippen LogP contribution in [0.25, 0.3) is 0 Å². The Hall–Kier alpha value is -1.90. The van der Waals surface area contributed by atoms with Crippen LogP contribution in [-0.4, -0.2) is 51.4 Å². The Balaban J connectivity index is 2.00. The van der Waals surface area contributed by atoms with Crippen molar-refractivity contribution >= 4 is 21.6 Å². The Kier molecular flexibility index (Phi) is 5.98. The summed E-state index contributed by atoms with van der Waals surface area (Å²) in [6.07, 6.45) is 0. The Bertz CT molecular complexity index is 693. The van der Waals surface area contributed by atoms with Gasteiger partial charge in [0.05, 0.1) is 10.6 Å². The fraction of sp³-hybridized carbons (Fsp3) is 0.438. The average Bonchev–Trinajstić information content (AvgIpc) is 2.54. The first-order chi connectivity index (χ1) is 11.3. The number of carbonyl (C=O) groups excluding carboxylic acids is 1. The summed E-state index contributed by atoms with van der Waals surface area (Å²) in [5, 5.41) is 5.96. The number of benzene rings is 1. The Morgan fingerprint density at radius 1 is 1.21 bits per heavy atom. The van der Waals surface area contributed by atoms with Crippen LogP contribution < -0.4 is 15.4 Å². The van der Waals surface area contributed by atoms with Gasteiger partial charge in [-0.05, 0) is 38.1 Å². The number of amides is 1. The molecule has 1 amide bonds. The zero-order valence-electron chi connectivity index (χ0n) is 14.0. The lowest BCUT2D eigenvalue weighted by Crippen LogP contribution is -2.44. The highest BCUT2D eigenvalue weighted by Gasteiger charge is 2.18. The number of hydrogen-bond acceptors (Lipinski definition) is 5. The molecule has 7 nitrogen and oxygen atoms in total. The van der Waals surface area contributed by atoms with Gasteiger partial charge < -0.3 is 15.5 Å². The predicted molar refractivity (Wildman–Crippen MR) is 94.1 cm³/mol. The molecular weight excluding hydrogens is 328 g/mol. The van der Waals surface area contributed by atoms with Crippen LogP contribution in [0.2, 0.25) is 0 Å². The molecule has 1 aromatic rings. The van der Waals surface area contributed by atoms with E-state index in [0.29, 0.717) is 11.4 Å². The number of anilines is 1. The lowest BCUT2D eigenvalue weighted by molar-refractivity contribution is -0.114. The van der Waals surface area contributed by atoms with Crippen molar-refractivity contribution in [3.05, 3.63) is 36.5 Å². The van der Waals surface area contributed by atoms with Crippen LogP contribution in [0.4, 0.5) is 5.69 Å². The molecule has 1 fully saturated rings. The van der Waals surface area contributed by atoms with Crippen molar-refractivity contribution in [2.75, 3.05) is 31.5 Å². The first kappa shape index (κ1) is 18.4. The van der Waals surface area contributed by atoms with Crippen LogP contribution in [0.5, 0.6) is 0 Å². The molecule has 1 aromatic carbocycles. The van der Waals surface area contributed by atoms with E-state index in [4.69, 9.17) is 0 Å². The maximum Gasteiger partial charge on any atom is 0.271 e. The van der Waals surface area contributed by atoms with Crippen molar-refractivity contribution in [2.45, 2.75) is 24.8 Å². The summed E-state index contributed by atoms with van der Waals surface area (Å²) in [7, 11) is -3.53. The third-order valence-electron chi connectivity index (χ3n) is 3.57. The van der Waals surface area contributed by atoms with Gasteiger partial charge in [-0.15, -0.1) is 0 Å². The molecule has 0 aromatic heterocycles. The lowest BCUT2D eigenvalue weighted by atomic mass is 10.2. The summed E-state index contributed by atoms with van der Waals surface area (Å²) in [5.41, 5.74) is 0.939. The summed E-state index contributed by atoms with van der Waals surface area (Å²) >= 11 is 0. The molecule has 0 bridgehead atoms. The zero-order chi connectivity index (χ0) is 17.7. The first-order valence-electron chi connectivity index (χ1n) is 7.88. The molecule has 3 N–H and O–H groups in total. The fourth-order valence-electron chi connectivity index (χ4n) is 2.38. The molecule has 24 heavy (non-hydrogen) atoms. The highest BCUT2D eigenvalue weighted by Crippen LogP contribution is 2.15. The summed E-state index contributed by atoms with van der Waals surface area (Å²) < 4.78 is 26.6. The Morgan fingerprint density at radius 3 is 2.33 bits per heavy atom. The largest absolute Gasteiger partial charge is 0.365 e. The van der Waals surface area contributed by atoms with Crippen molar-refractivity contribution in [2.24, 2.45) is 0 Å². The van der Waals surface area contributed by atoms with Crippen molar-refractivity contribution in [3.8, 4) is 0 Å². The number of rotatable bonds is 6. The third-order valence-corrected chi connectivity index (χ3v) is 5.25. The highest BCUT2D eigenvalue weighted by molar-refractivity contribution is 7.89. The van der Waals surface area contributed by atoms with Gasteiger partial charge >= 0.3 is 0 Å². The number of sulfonamides is 1. The summed E-state index contributed by atoms with van der Waals surface area (Å²) in [6.45, 7) is 10.5. The molecule has 132 valence electrons. The molecule has 2 rings (SSSR count). The van der Waals surface area contributed by atoms with Gasteiger partial charge in [0.1, 0.15) is 0 Å². The smallest absolute Gasteiger partial charge is 0.271 e. The fourth-order valence-corrected chi connectivity index (χ4v) is 3.63. The highest BCUT2D eigenvalue weighted by atomic mass is 32.2. The Morgan fingerprint density at radius 2 is 1.79 bits per heavy atom. The molecule has 1 aliphatic heterocycles. The van der Waals surface area contributed by atoms with Crippen LogP contribution in [-0.2, 0) is 14.8 Å². The zero-order valence-corrected chi connectivity index (χ0v) is 14.8. The molecule has 0 radical (unpaired) electrons. The van der Waals surface area contributed by atoms with Gasteiger partial charge in [-0.3, -0.25) is 4.79 Å². The molecule has 1 heterocycles. The minimum Gasteiger partial charge on any atom is -0.365 e. The second-order valence-corrected chi connectivity index (χ2v) is 7.65. The molecule has 0 spiro atoms. The van der Waals surface area contributed by atoms with Gasteiger partial charge in [-0.1, -0.05) is 6.58 Å². The second kappa shape index (κ2) is 7.78. The van der Waals surface area contributed by atoms with E-state index in [1.165, 1.54) is 12.1 Å². The standard InChI is InChI=1S/C16H24N4O3S/c1-12(2)19-24(22,23)15-6-4-14(5-7-15)18-16(21)13(3)20-10-8-17-9-11-20/h4-7,12,17,19H,3,8-11H2,1-2H3,(H,18,21). The first-order valence-corrected chi connectivity index (χ1v) is 9.36. The minimum atomic E-state index is -3.53. The molecule has 1 saturated heterocycles. The van der Waals surface area contributed by atoms with Crippen molar-refractivity contribution in [3.63, 3.8) is 0 Å². The molecule has 0 unspecified atom stereocenters. The summed E-state index contributed by atoms with van der Waals surface area (Å²) in [5.74, 6) is -0.284. The maximum absolute atomic E-state index is 12.2. The van der Waals surface area contributed by atoms with Gasteiger partial charge in [0, 0.05) is 37.9 Å². The molecule has 0 atom stereocenters. The van der Waals surface area contributed by atoms with E-state index in [1.807, 2.05) is 4.90 Å². The average molecular weight is 352 g/mol. The van der Waals surface area contributed by atoms with E-state index in [0.717, 1.165) is 26.2 Å². The van der Waals surface area contributed by atoms with Crippen LogP contribution >= 0.6 is 0 Å². The Labute approximate surface area is 143 Å². The monoisotopic (exact) mass is 352 g/mol. The van der Waals surface area contributed by atoms with Gasteiger partial charge in [-0.25, -0.2) is 13.1 Å². The van der Waals surface area contributed by atoms with Gasteiger partial charge in [0.2, 0.25) is 10.0 Å². The van der Waals surface area contributed by atoms with E-state index >= 15 is 0 Å². The molecule has 0 saturated carbocycles. The number of piperazine rings is 1. The molecule has 1 aliphatic rings.